The molecule has 0 amide bonds. The predicted octanol–water partition coefficient (Wildman–Crippen LogP) is 2.00. The van der Waals surface area contributed by atoms with E-state index in [0.717, 1.165) is 19.3 Å². The van der Waals surface area contributed by atoms with E-state index in [1.54, 1.807) is 0 Å². The maximum Gasteiger partial charge on any atom is 0.320 e. The molecule has 0 heterocycles. The summed E-state index contributed by atoms with van der Waals surface area (Å²) in [4.78, 5) is 10.8. The topological polar surface area (TPSA) is 63.3 Å². The first-order valence-corrected chi connectivity index (χ1v) is 5.52. The first-order chi connectivity index (χ1) is 6.53. The largest absolute Gasteiger partial charge is 0.480 e. The molecule has 82 valence electrons. The molecule has 0 bridgehead atoms. The molecular weight excluding hydrogens is 178 g/mol. The normalized spacial score (nSPS) is 24.5. The third kappa shape index (κ3) is 1.92. The van der Waals surface area contributed by atoms with Crippen molar-refractivity contribution in [1.29, 1.82) is 0 Å². The molecule has 1 aliphatic carbocycles. The molecule has 2 atom stereocenters. The molecule has 1 aliphatic rings. The van der Waals surface area contributed by atoms with Crippen molar-refractivity contribution in [3.8, 4) is 0 Å². The van der Waals surface area contributed by atoms with E-state index in [-0.39, 0.29) is 11.3 Å². The van der Waals surface area contributed by atoms with Gasteiger partial charge in [-0.25, -0.2) is 0 Å². The van der Waals surface area contributed by atoms with Gasteiger partial charge in [-0.3, -0.25) is 4.79 Å². The number of carboxylic acids is 1. The molecule has 0 saturated heterocycles. The minimum atomic E-state index is -0.864. The minimum Gasteiger partial charge on any atom is -0.480 e. The average Bonchev–Trinajstić information content (AvgIpc) is 2.64. The van der Waals surface area contributed by atoms with Gasteiger partial charge in [0.25, 0.3) is 0 Å². The zero-order chi connectivity index (χ0) is 10.8. The van der Waals surface area contributed by atoms with Crippen LogP contribution in [0.2, 0.25) is 0 Å². The fourth-order valence-corrected chi connectivity index (χ4v) is 2.80. The second-order valence-corrected chi connectivity index (χ2v) is 4.58. The van der Waals surface area contributed by atoms with Gasteiger partial charge in [-0.1, -0.05) is 33.1 Å². The summed E-state index contributed by atoms with van der Waals surface area (Å²) < 4.78 is 0. The van der Waals surface area contributed by atoms with Gasteiger partial charge in [0.2, 0.25) is 0 Å². The summed E-state index contributed by atoms with van der Waals surface area (Å²) in [5.74, 6) is -0.773. The van der Waals surface area contributed by atoms with Crippen LogP contribution in [0.3, 0.4) is 0 Å². The molecule has 1 fully saturated rings. The predicted molar refractivity (Wildman–Crippen MR) is 56.0 cm³/mol. The smallest absolute Gasteiger partial charge is 0.320 e. The molecule has 0 aromatic carbocycles. The molecule has 1 saturated carbocycles. The maximum absolute atomic E-state index is 10.8. The van der Waals surface area contributed by atoms with Gasteiger partial charge in [0, 0.05) is 0 Å². The second-order valence-electron chi connectivity index (χ2n) is 4.58. The summed E-state index contributed by atoms with van der Waals surface area (Å²) in [6, 6.07) is -0.701. The van der Waals surface area contributed by atoms with Crippen molar-refractivity contribution >= 4 is 5.97 Å². The van der Waals surface area contributed by atoms with E-state index in [0.29, 0.717) is 0 Å². The number of hydrogen-bond acceptors (Lipinski definition) is 2. The van der Waals surface area contributed by atoms with E-state index in [1.165, 1.54) is 12.8 Å². The van der Waals surface area contributed by atoms with Crippen LogP contribution in [0.1, 0.15) is 46.0 Å². The molecule has 0 aromatic heterocycles. The van der Waals surface area contributed by atoms with E-state index in [2.05, 4.69) is 6.92 Å². The summed E-state index contributed by atoms with van der Waals surface area (Å²) in [5.41, 5.74) is 5.89. The number of carboxylic acid groups (broad SMARTS) is 1. The van der Waals surface area contributed by atoms with Gasteiger partial charge in [-0.2, -0.15) is 0 Å². The van der Waals surface area contributed by atoms with Crippen LogP contribution in [0.5, 0.6) is 0 Å². The van der Waals surface area contributed by atoms with Crippen molar-refractivity contribution in [3.63, 3.8) is 0 Å². The third-order valence-electron chi connectivity index (χ3n) is 4.09. The number of hydrogen-bond donors (Lipinski definition) is 2. The van der Waals surface area contributed by atoms with Gasteiger partial charge < -0.3 is 10.8 Å². The zero-order valence-electron chi connectivity index (χ0n) is 9.12. The number of rotatable bonds is 4. The number of aliphatic carboxylic acids is 1. The fraction of sp³-hybridized carbons (Fsp3) is 0.909. The molecule has 0 aliphatic heterocycles. The van der Waals surface area contributed by atoms with Crippen LogP contribution in [0.25, 0.3) is 0 Å². The van der Waals surface area contributed by atoms with Gasteiger partial charge in [0.1, 0.15) is 6.04 Å². The Morgan fingerprint density at radius 3 is 2.36 bits per heavy atom. The van der Waals surface area contributed by atoms with Crippen LogP contribution in [0.4, 0.5) is 0 Å². The summed E-state index contributed by atoms with van der Waals surface area (Å²) >= 11 is 0. The fourth-order valence-electron chi connectivity index (χ4n) is 2.80. The molecular formula is C11H21NO2. The Morgan fingerprint density at radius 1 is 1.50 bits per heavy atom. The first kappa shape index (κ1) is 11.5. The monoisotopic (exact) mass is 199 g/mol. The van der Waals surface area contributed by atoms with Gasteiger partial charge in [-0.15, -0.1) is 0 Å². The molecule has 0 aromatic rings. The van der Waals surface area contributed by atoms with Crippen molar-refractivity contribution in [2.24, 2.45) is 17.1 Å². The summed E-state index contributed by atoms with van der Waals surface area (Å²) in [7, 11) is 0. The van der Waals surface area contributed by atoms with Gasteiger partial charge in [0.15, 0.2) is 0 Å². The molecule has 0 radical (unpaired) electrons. The van der Waals surface area contributed by atoms with E-state index < -0.39 is 12.0 Å². The molecule has 0 spiro atoms. The molecule has 3 nitrogen and oxygen atoms in total. The highest BCUT2D eigenvalue weighted by Gasteiger charge is 2.41. The van der Waals surface area contributed by atoms with Gasteiger partial charge in [0.05, 0.1) is 0 Å². The van der Waals surface area contributed by atoms with Crippen molar-refractivity contribution in [2.75, 3.05) is 0 Å². The highest BCUT2D eigenvalue weighted by molar-refractivity contribution is 5.73. The standard InChI is InChI=1S/C11H21NO2/c1-3-11(6-4-5-7-11)8(2)9(12)10(13)14/h8-9H,3-7,12H2,1-2H3,(H,13,14). The van der Waals surface area contributed by atoms with Crippen molar-refractivity contribution in [2.45, 2.75) is 52.0 Å². The summed E-state index contributed by atoms with van der Waals surface area (Å²) in [6.45, 7) is 4.14. The Balaban J connectivity index is 2.73. The molecule has 3 N–H and O–H groups in total. The van der Waals surface area contributed by atoms with Crippen LogP contribution < -0.4 is 5.73 Å². The lowest BCUT2D eigenvalue weighted by Gasteiger charge is -2.36. The maximum atomic E-state index is 10.8. The third-order valence-corrected chi connectivity index (χ3v) is 4.09. The second kappa shape index (κ2) is 4.30. The van der Waals surface area contributed by atoms with Crippen molar-refractivity contribution in [3.05, 3.63) is 0 Å². The highest BCUT2D eigenvalue weighted by Crippen LogP contribution is 2.47. The van der Waals surface area contributed by atoms with E-state index in [4.69, 9.17) is 10.8 Å². The molecule has 14 heavy (non-hydrogen) atoms. The van der Waals surface area contributed by atoms with Crippen LogP contribution in [0.15, 0.2) is 0 Å². The number of nitrogens with two attached hydrogens (primary N) is 1. The Hall–Kier alpha value is -0.570. The van der Waals surface area contributed by atoms with Crippen LogP contribution >= 0.6 is 0 Å². The van der Waals surface area contributed by atoms with Gasteiger partial charge in [-0.05, 0) is 24.2 Å². The molecule has 2 unspecified atom stereocenters. The summed E-state index contributed by atoms with van der Waals surface area (Å²) in [5, 5.41) is 8.90. The summed E-state index contributed by atoms with van der Waals surface area (Å²) in [6.07, 6.45) is 5.79. The van der Waals surface area contributed by atoms with Crippen LogP contribution in [-0.2, 0) is 4.79 Å². The zero-order valence-corrected chi connectivity index (χ0v) is 9.12. The average molecular weight is 199 g/mol. The lowest BCUT2D eigenvalue weighted by atomic mass is 9.70. The van der Waals surface area contributed by atoms with Crippen molar-refractivity contribution < 1.29 is 9.90 Å². The SMILES string of the molecule is CCC1(C(C)C(N)C(=O)O)CCCC1. The van der Waals surface area contributed by atoms with Gasteiger partial charge >= 0.3 is 5.97 Å². The van der Waals surface area contributed by atoms with Crippen molar-refractivity contribution in [1.82, 2.24) is 0 Å². The lowest BCUT2D eigenvalue weighted by Crippen LogP contribution is -2.44. The number of carbonyl (C=O) groups is 1. The Bertz CT molecular complexity index is 209. The Kier molecular flexibility index (Phi) is 3.53. The molecule has 3 heteroatoms. The molecule has 1 rings (SSSR count). The lowest BCUT2D eigenvalue weighted by molar-refractivity contribution is -0.141. The quantitative estimate of drug-likeness (QED) is 0.728. The van der Waals surface area contributed by atoms with E-state index in [9.17, 15) is 4.79 Å². The van der Waals surface area contributed by atoms with Crippen LogP contribution in [-0.4, -0.2) is 17.1 Å². The Morgan fingerprint density at radius 2 is 2.00 bits per heavy atom. The van der Waals surface area contributed by atoms with Crippen LogP contribution in [0, 0.1) is 11.3 Å². The Labute approximate surface area is 85.7 Å². The van der Waals surface area contributed by atoms with E-state index in [1.807, 2.05) is 6.92 Å². The highest BCUT2D eigenvalue weighted by atomic mass is 16.4. The van der Waals surface area contributed by atoms with E-state index >= 15 is 0 Å². The minimum absolute atomic E-state index is 0.0903. The first-order valence-electron chi connectivity index (χ1n) is 5.52.